The summed E-state index contributed by atoms with van der Waals surface area (Å²) in [4.78, 5) is 34.8. The molecule has 10 heteroatoms. The van der Waals surface area contributed by atoms with Crippen molar-refractivity contribution in [2.45, 2.75) is 174 Å². The van der Waals surface area contributed by atoms with Gasteiger partial charge in [0.25, 0.3) is 0 Å². The molecule has 0 aliphatic carbocycles. The van der Waals surface area contributed by atoms with Gasteiger partial charge in [-0.2, -0.15) is 0 Å². The molecule has 0 aromatic carbocycles. The maximum atomic E-state index is 12.6. The first-order valence-electron chi connectivity index (χ1n) is 21.4. The first-order valence-corrected chi connectivity index (χ1v) is 22.9. The van der Waals surface area contributed by atoms with Gasteiger partial charge < -0.3 is 20.1 Å². The molecule has 0 spiro atoms. The summed E-state index contributed by atoms with van der Waals surface area (Å²) in [7, 11) is -4.40. The van der Waals surface area contributed by atoms with Crippen molar-refractivity contribution < 1.29 is 37.6 Å². The third-order valence-corrected chi connectivity index (χ3v) is 9.56. The van der Waals surface area contributed by atoms with E-state index < -0.39 is 32.5 Å². The molecule has 0 amide bonds. The van der Waals surface area contributed by atoms with Gasteiger partial charge in [-0.1, -0.05) is 151 Å². The van der Waals surface area contributed by atoms with Crippen molar-refractivity contribution in [2.75, 3.05) is 26.4 Å². The summed E-state index contributed by atoms with van der Waals surface area (Å²) in [5.41, 5.74) is 5.34. The molecule has 9 nitrogen and oxygen atoms in total. The number of carbonyl (C=O) groups is 2. The SMILES string of the molecule is CCCCC/C=C/C/C=C/C/C=C/C/C=C/C/C=C/CCC(=O)OC[C@H](COP(=O)(O)OCCN)OC(=O)CCCC/C=C/CCCCCCCCCCC. The van der Waals surface area contributed by atoms with Crippen LogP contribution in [0.25, 0.3) is 0 Å². The van der Waals surface area contributed by atoms with E-state index in [1.807, 2.05) is 12.2 Å². The van der Waals surface area contributed by atoms with E-state index in [1.54, 1.807) is 0 Å². The maximum Gasteiger partial charge on any atom is 0.472 e. The molecule has 0 heterocycles. The Kier molecular flexibility index (Phi) is 39.2. The Hall–Kier alpha value is -2.55. The van der Waals surface area contributed by atoms with Crippen LogP contribution in [0, 0.1) is 0 Å². The highest BCUT2D eigenvalue weighted by Crippen LogP contribution is 2.43. The lowest BCUT2D eigenvalue weighted by atomic mass is 10.1. The van der Waals surface area contributed by atoms with Gasteiger partial charge in [-0.15, -0.1) is 0 Å². The normalized spacial score (nSPS) is 14.0. The molecule has 316 valence electrons. The van der Waals surface area contributed by atoms with Gasteiger partial charge in [0.15, 0.2) is 6.10 Å². The Bertz CT molecular complexity index is 1130. The van der Waals surface area contributed by atoms with Crippen LogP contribution in [0.5, 0.6) is 0 Å². The van der Waals surface area contributed by atoms with E-state index in [4.69, 9.17) is 24.3 Å². The van der Waals surface area contributed by atoms with Gasteiger partial charge in [-0.25, -0.2) is 4.57 Å². The molecule has 1 unspecified atom stereocenters. The van der Waals surface area contributed by atoms with Crippen molar-refractivity contribution in [3.63, 3.8) is 0 Å². The molecular weight excluding hydrogens is 713 g/mol. The van der Waals surface area contributed by atoms with E-state index in [1.165, 1.54) is 83.5 Å². The Morgan fingerprint density at radius 3 is 1.53 bits per heavy atom. The second-order valence-corrected chi connectivity index (χ2v) is 15.3. The van der Waals surface area contributed by atoms with Crippen molar-refractivity contribution in [3.05, 3.63) is 72.9 Å². The van der Waals surface area contributed by atoms with Crippen LogP contribution in [0.2, 0.25) is 0 Å². The molecule has 0 fully saturated rings. The van der Waals surface area contributed by atoms with Gasteiger partial charge in [0, 0.05) is 19.4 Å². The Morgan fingerprint density at radius 2 is 0.982 bits per heavy atom. The van der Waals surface area contributed by atoms with Crippen LogP contribution in [0.3, 0.4) is 0 Å². The van der Waals surface area contributed by atoms with Crippen LogP contribution in [0.15, 0.2) is 72.9 Å². The Balaban J connectivity index is 4.33. The van der Waals surface area contributed by atoms with Crippen molar-refractivity contribution >= 4 is 19.8 Å². The summed E-state index contributed by atoms with van der Waals surface area (Å²) in [6, 6.07) is 0. The maximum absolute atomic E-state index is 12.6. The second-order valence-electron chi connectivity index (χ2n) is 13.8. The fraction of sp³-hybridized carbons (Fsp3) is 0.689. The minimum atomic E-state index is -4.40. The molecule has 3 N–H and O–H groups in total. The Labute approximate surface area is 335 Å². The third-order valence-electron chi connectivity index (χ3n) is 8.58. The van der Waals surface area contributed by atoms with Crippen molar-refractivity contribution in [3.8, 4) is 0 Å². The summed E-state index contributed by atoms with van der Waals surface area (Å²) in [6.07, 6.45) is 49.5. The van der Waals surface area contributed by atoms with Gasteiger partial charge >= 0.3 is 19.8 Å². The summed E-state index contributed by atoms with van der Waals surface area (Å²) >= 11 is 0. The van der Waals surface area contributed by atoms with Crippen LogP contribution in [0.4, 0.5) is 0 Å². The molecule has 0 bridgehead atoms. The van der Waals surface area contributed by atoms with E-state index >= 15 is 0 Å². The van der Waals surface area contributed by atoms with Crippen molar-refractivity contribution in [1.29, 1.82) is 0 Å². The number of esters is 2. The standard InChI is InChI=1S/C45H78NO8P/c1-3-5-7-9-11-13-15-17-19-20-21-22-24-25-27-29-31-33-35-37-44(47)51-41-43(42-53-55(49,50)52-40-39-46)54-45(48)38-36-34-32-30-28-26-23-18-16-14-12-10-8-6-4-2/h11,13,17,19,21-22,25,27-28,30-31,33,43H,3-10,12,14-16,18,20,23-24,26,29,32,34-42,46H2,1-2H3,(H,49,50)/b13-11+,19-17+,22-21+,27-25+,30-28+,33-31+/t43-/m1/s1. The number of hydrogen-bond donors (Lipinski definition) is 2. The number of allylic oxidation sites excluding steroid dienone is 12. The smallest absolute Gasteiger partial charge is 0.462 e. The first kappa shape index (κ1) is 52.5. The number of ether oxygens (including phenoxy) is 2. The number of hydrogen-bond acceptors (Lipinski definition) is 8. The molecule has 0 saturated heterocycles. The number of nitrogens with two attached hydrogens (primary N) is 1. The van der Waals surface area contributed by atoms with Gasteiger partial charge in [-0.3, -0.25) is 18.6 Å². The fourth-order valence-corrected chi connectivity index (χ4v) is 6.14. The minimum Gasteiger partial charge on any atom is -0.462 e. The van der Waals surface area contributed by atoms with Gasteiger partial charge in [0.1, 0.15) is 6.61 Å². The summed E-state index contributed by atoms with van der Waals surface area (Å²) in [5, 5.41) is 0. The number of unbranched alkanes of at least 4 members (excludes halogenated alkanes) is 14. The van der Waals surface area contributed by atoms with Crippen molar-refractivity contribution in [2.24, 2.45) is 5.73 Å². The topological polar surface area (TPSA) is 134 Å². The number of phosphoric acid groups is 1. The zero-order chi connectivity index (χ0) is 40.3. The number of carbonyl (C=O) groups excluding carboxylic acids is 2. The van der Waals surface area contributed by atoms with Crippen molar-refractivity contribution in [1.82, 2.24) is 0 Å². The van der Waals surface area contributed by atoms with Crippen LogP contribution in [-0.4, -0.2) is 49.3 Å². The largest absolute Gasteiger partial charge is 0.472 e. The quantitative estimate of drug-likeness (QED) is 0.0270. The van der Waals surface area contributed by atoms with Gasteiger partial charge in [0.2, 0.25) is 0 Å². The molecule has 0 aliphatic heterocycles. The van der Waals surface area contributed by atoms with E-state index in [-0.39, 0.29) is 32.6 Å². The van der Waals surface area contributed by atoms with Gasteiger partial charge in [0.05, 0.1) is 13.2 Å². The highest BCUT2D eigenvalue weighted by molar-refractivity contribution is 7.47. The Morgan fingerprint density at radius 1 is 0.545 bits per heavy atom. The minimum absolute atomic E-state index is 0.0381. The number of rotatable bonds is 39. The molecule has 0 aromatic rings. The van der Waals surface area contributed by atoms with Gasteiger partial charge in [-0.05, 0) is 77.0 Å². The lowest BCUT2D eigenvalue weighted by Gasteiger charge is -2.19. The highest BCUT2D eigenvalue weighted by atomic mass is 31.2. The lowest BCUT2D eigenvalue weighted by Crippen LogP contribution is -2.29. The number of phosphoric ester groups is 1. The predicted molar refractivity (Wildman–Crippen MR) is 229 cm³/mol. The van der Waals surface area contributed by atoms with Crippen LogP contribution < -0.4 is 5.73 Å². The predicted octanol–water partition coefficient (Wildman–Crippen LogP) is 12.3. The van der Waals surface area contributed by atoms with Crippen LogP contribution in [0.1, 0.15) is 168 Å². The summed E-state index contributed by atoms with van der Waals surface area (Å²) in [5.74, 6) is -0.956. The van der Waals surface area contributed by atoms with E-state index in [9.17, 15) is 19.0 Å². The monoisotopic (exact) mass is 792 g/mol. The molecule has 55 heavy (non-hydrogen) atoms. The molecule has 0 aromatic heterocycles. The zero-order valence-corrected chi connectivity index (χ0v) is 35.5. The summed E-state index contributed by atoms with van der Waals surface area (Å²) < 4.78 is 32.6. The van der Waals surface area contributed by atoms with E-state index in [0.29, 0.717) is 12.8 Å². The molecule has 2 atom stereocenters. The average molecular weight is 792 g/mol. The van der Waals surface area contributed by atoms with Crippen LogP contribution in [-0.2, 0) is 32.7 Å². The zero-order valence-electron chi connectivity index (χ0n) is 34.6. The molecule has 0 radical (unpaired) electrons. The average Bonchev–Trinajstić information content (AvgIpc) is 3.17. The second kappa shape index (κ2) is 41.1. The van der Waals surface area contributed by atoms with E-state index in [2.05, 4.69) is 74.6 Å². The van der Waals surface area contributed by atoms with Crippen LogP contribution >= 0.6 is 7.82 Å². The first-order chi connectivity index (χ1) is 26.8. The molecule has 0 aliphatic rings. The summed E-state index contributed by atoms with van der Waals surface area (Å²) in [6.45, 7) is 3.58. The highest BCUT2D eigenvalue weighted by Gasteiger charge is 2.25. The van der Waals surface area contributed by atoms with E-state index in [0.717, 1.165) is 44.9 Å². The molecule has 0 saturated carbocycles. The fourth-order valence-electron chi connectivity index (χ4n) is 5.37. The third kappa shape index (κ3) is 40.9. The molecule has 0 rings (SSSR count). The lowest BCUT2D eigenvalue weighted by molar-refractivity contribution is -0.161. The molecular formula is C45H78NO8P.